The van der Waals surface area contributed by atoms with Crippen LogP contribution in [-0.2, 0) is 5.54 Å². The Balaban J connectivity index is 2.30. The van der Waals surface area contributed by atoms with Gasteiger partial charge >= 0.3 is 0 Å². The highest BCUT2D eigenvalue weighted by molar-refractivity contribution is 5.77. The van der Waals surface area contributed by atoms with Crippen molar-refractivity contribution in [3.05, 3.63) is 29.6 Å². The van der Waals surface area contributed by atoms with Crippen molar-refractivity contribution in [2.75, 3.05) is 0 Å². The van der Waals surface area contributed by atoms with Gasteiger partial charge in [0.2, 0.25) is 0 Å². The molecule has 0 atom stereocenters. The topological polar surface area (TPSA) is 43.8 Å². The standard InChI is InChI=1S/C14H19N3/c1-9-4-7-12-11(8-9)16-13(14(2,3)15)17(12)10-5-6-10/h4,7-8,10H,5-6,15H2,1-3H3. The molecule has 1 aliphatic rings. The van der Waals surface area contributed by atoms with Crippen molar-refractivity contribution < 1.29 is 0 Å². The van der Waals surface area contributed by atoms with Crippen LogP contribution in [0, 0.1) is 6.92 Å². The molecule has 2 aromatic rings. The molecule has 0 radical (unpaired) electrons. The first kappa shape index (κ1) is 10.8. The highest BCUT2D eigenvalue weighted by atomic mass is 15.2. The second-order valence-corrected chi connectivity index (χ2v) is 5.75. The summed E-state index contributed by atoms with van der Waals surface area (Å²) in [4.78, 5) is 4.74. The van der Waals surface area contributed by atoms with Crippen LogP contribution in [0.2, 0.25) is 0 Å². The molecule has 0 spiro atoms. The van der Waals surface area contributed by atoms with Crippen LogP contribution in [0.25, 0.3) is 11.0 Å². The number of nitrogens with zero attached hydrogens (tertiary/aromatic N) is 2. The van der Waals surface area contributed by atoms with E-state index in [2.05, 4.69) is 29.7 Å². The average molecular weight is 229 g/mol. The number of imidazole rings is 1. The van der Waals surface area contributed by atoms with Crippen LogP contribution in [0.3, 0.4) is 0 Å². The van der Waals surface area contributed by atoms with Crippen LogP contribution in [0.4, 0.5) is 0 Å². The number of rotatable bonds is 2. The summed E-state index contributed by atoms with van der Waals surface area (Å²) >= 11 is 0. The van der Waals surface area contributed by atoms with Gasteiger partial charge in [-0.1, -0.05) is 6.07 Å². The van der Waals surface area contributed by atoms with Gasteiger partial charge in [0.15, 0.2) is 0 Å². The Morgan fingerprint density at radius 1 is 1.35 bits per heavy atom. The van der Waals surface area contributed by atoms with Crippen molar-refractivity contribution in [1.29, 1.82) is 0 Å². The van der Waals surface area contributed by atoms with Gasteiger partial charge in [0, 0.05) is 6.04 Å². The fourth-order valence-corrected chi connectivity index (χ4v) is 2.37. The molecule has 0 bridgehead atoms. The number of benzene rings is 1. The van der Waals surface area contributed by atoms with Crippen LogP contribution < -0.4 is 5.73 Å². The van der Waals surface area contributed by atoms with Gasteiger partial charge in [-0.05, 0) is 51.3 Å². The normalized spacial score (nSPS) is 16.7. The summed E-state index contributed by atoms with van der Waals surface area (Å²) in [5.41, 5.74) is 9.41. The Hall–Kier alpha value is -1.35. The van der Waals surface area contributed by atoms with E-state index in [1.54, 1.807) is 0 Å². The molecule has 17 heavy (non-hydrogen) atoms. The van der Waals surface area contributed by atoms with E-state index in [0.717, 1.165) is 11.3 Å². The molecule has 1 fully saturated rings. The number of fused-ring (bicyclic) bond motifs is 1. The zero-order valence-electron chi connectivity index (χ0n) is 10.7. The minimum absolute atomic E-state index is 0.379. The van der Waals surface area contributed by atoms with E-state index in [4.69, 9.17) is 10.7 Å². The zero-order chi connectivity index (χ0) is 12.2. The van der Waals surface area contributed by atoms with E-state index in [9.17, 15) is 0 Å². The van der Waals surface area contributed by atoms with E-state index in [1.807, 2.05) is 13.8 Å². The van der Waals surface area contributed by atoms with Crippen LogP contribution >= 0.6 is 0 Å². The second kappa shape index (κ2) is 3.33. The SMILES string of the molecule is Cc1ccc2c(c1)nc(C(C)(C)N)n2C1CC1. The van der Waals surface area contributed by atoms with E-state index in [-0.39, 0.29) is 5.54 Å². The summed E-state index contributed by atoms with van der Waals surface area (Å²) in [5, 5.41) is 0. The van der Waals surface area contributed by atoms with E-state index in [0.29, 0.717) is 6.04 Å². The van der Waals surface area contributed by atoms with Crippen LogP contribution in [0.1, 0.15) is 44.1 Å². The van der Waals surface area contributed by atoms with Crippen molar-refractivity contribution in [1.82, 2.24) is 9.55 Å². The number of nitrogens with two attached hydrogens (primary N) is 1. The molecule has 0 saturated heterocycles. The molecule has 0 aliphatic heterocycles. The highest BCUT2D eigenvalue weighted by Crippen LogP contribution is 2.40. The highest BCUT2D eigenvalue weighted by Gasteiger charge is 2.32. The first-order chi connectivity index (χ1) is 7.97. The van der Waals surface area contributed by atoms with Gasteiger partial charge < -0.3 is 10.3 Å². The summed E-state index contributed by atoms with van der Waals surface area (Å²) in [6.07, 6.45) is 2.50. The number of hydrogen-bond acceptors (Lipinski definition) is 2. The third-order valence-electron chi connectivity index (χ3n) is 3.33. The summed E-state index contributed by atoms with van der Waals surface area (Å²) in [7, 11) is 0. The molecule has 3 heteroatoms. The number of hydrogen-bond donors (Lipinski definition) is 1. The lowest BCUT2D eigenvalue weighted by Gasteiger charge is -2.20. The molecule has 2 N–H and O–H groups in total. The first-order valence-corrected chi connectivity index (χ1v) is 6.25. The van der Waals surface area contributed by atoms with Gasteiger partial charge in [-0.2, -0.15) is 0 Å². The molecular weight excluding hydrogens is 210 g/mol. The maximum Gasteiger partial charge on any atom is 0.129 e. The van der Waals surface area contributed by atoms with Gasteiger partial charge in [0.1, 0.15) is 5.82 Å². The molecule has 90 valence electrons. The molecule has 1 aromatic carbocycles. The molecular formula is C14H19N3. The minimum atomic E-state index is -0.379. The minimum Gasteiger partial charge on any atom is -0.323 e. The monoisotopic (exact) mass is 229 g/mol. The first-order valence-electron chi connectivity index (χ1n) is 6.25. The van der Waals surface area contributed by atoms with Crippen molar-refractivity contribution in [3.8, 4) is 0 Å². The lowest BCUT2D eigenvalue weighted by molar-refractivity contribution is 0.482. The number of aromatic nitrogens is 2. The molecule has 1 heterocycles. The Bertz CT molecular complexity index is 571. The summed E-state index contributed by atoms with van der Waals surface area (Å²) < 4.78 is 2.34. The van der Waals surface area contributed by atoms with Gasteiger partial charge in [0.05, 0.1) is 16.6 Å². The quantitative estimate of drug-likeness (QED) is 0.860. The zero-order valence-corrected chi connectivity index (χ0v) is 10.7. The Morgan fingerprint density at radius 2 is 2.06 bits per heavy atom. The largest absolute Gasteiger partial charge is 0.323 e. The van der Waals surface area contributed by atoms with E-state index in [1.165, 1.54) is 23.9 Å². The predicted octanol–water partition coefficient (Wildman–Crippen LogP) is 2.87. The fraction of sp³-hybridized carbons (Fsp3) is 0.500. The molecule has 1 aromatic heterocycles. The predicted molar refractivity (Wildman–Crippen MR) is 70.0 cm³/mol. The maximum atomic E-state index is 6.24. The molecule has 0 amide bonds. The lowest BCUT2D eigenvalue weighted by atomic mass is 10.1. The molecule has 3 nitrogen and oxygen atoms in total. The fourth-order valence-electron chi connectivity index (χ4n) is 2.37. The van der Waals surface area contributed by atoms with Crippen molar-refractivity contribution >= 4 is 11.0 Å². The summed E-state index contributed by atoms with van der Waals surface area (Å²) in [6.45, 7) is 6.16. The van der Waals surface area contributed by atoms with E-state index < -0.39 is 0 Å². The average Bonchev–Trinajstić information content (AvgIpc) is 2.97. The van der Waals surface area contributed by atoms with Gasteiger partial charge in [0.25, 0.3) is 0 Å². The smallest absolute Gasteiger partial charge is 0.129 e. The maximum absolute atomic E-state index is 6.24. The Labute approximate surface area is 102 Å². The molecule has 1 saturated carbocycles. The Morgan fingerprint density at radius 3 is 2.65 bits per heavy atom. The van der Waals surface area contributed by atoms with E-state index >= 15 is 0 Å². The van der Waals surface area contributed by atoms with Crippen LogP contribution in [0.5, 0.6) is 0 Å². The van der Waals surface area contributed by atoms with Crippen molar-refractivity contribution in [2.45, 2.75) is 45.2 Å². The third-order valence-corrected chi connectivity index (χ3v) is 3.33. The molecule has 0 unspecified atom stereocenters. The van der Waals surface area contributed by atoms with Gasteiger partial charge in [-0.15, -0.1) is 0 Å². The van der Waals surface area contributed by atoms with Crippen molar-refractivity contribution in [3.63, 3.8) is 0 Å². The summed E-state index contributed by atoms with van der Waals surface area (Å²) in [5.74, 6) is 1.01. The lowest BCUT2D eigenvalue weighted by Crippen LogP contribution is -2.32. The molecule has 3 rings (SSSR count). The van der Waals surface area contributed by atoms with Crippen LogP contribution in [-0.4, -0.2) is 9.55 Å². The molecule has 1 aliphatic carbocycles. The third kappa shape index (κ3) is 1.75. The summed E-state index contributed by atoms with van der Waals surface area (Å²) in [6, 6.07) is 7.07. The van der Waals surface area contributed by atoms with Gasteiger partial charge in [-0.25, -0.2) is 4.98 Å². The Kier molecular flexibility index (Phi) is 2.11. The van der Waals surface area contributed by atoms with Crippen molar-refractivity contribution in [2.24, 2.45) is 5.73 Å². The van der Waals surface area contributed by atoms with Gasteiger partial charge in [-0.3, -0.25) is 0 Å². The number of aryl methyl sites for hydroxylation is 1. The van der Waals surface area contributed by atoms with Crippen LogP contribution in [0.15, 0.2) is 18.2 Å². The second-order valence-electron chi connectivity index (χ2n) is 5.75.